The minimum Gasteiger partial charge on any atom is -0.489 e. The van der Waals surface area contributed by atoms with E-state index in [2.05, 4.69) is 10.6 Å². The molecule has 14 heteroatoms. The van der Waals surface area contributed by atoms with Crippen LogP contribution >= 0.6 is 20.0 Å². The Kier molecular flexibility index (Phi) is 22.5. The van der Waals surface area contributed by atoms with Crippen LogP contribution in [-0.2, 0) is 85.2 Å². The molecule has 0 aliphatic rings. The van der Waals surface area contributed by atoms with Crippen LogP contribution in [0.4, 0.5) is 0 Å². The molecule has 0 aliphatic heterocycles. The van der Waals surface area contributed by atoms with Crippen molar-refractivity contribution < 1.29 is 46.7 Å². The molecular weight excluding hydrogens is 996 g/mol. The predicted molar refractivity (Wildman–Crippen MR) is 298 cm³/mol. The fourth-order valence-electron chi connectivity index (χ4n) is 7.31. The van der Waals surface area contributed by atoms with E-state index in [1.54, 1.807) is 24.1 Å². The van der Waals surface area contributed by atoms with Crippen LogP contribution in [0.2, 0.25) is 0 Å². The number of thiocarbonyl (C=S) groups is 1. The van der Waals surface area contributed by atoms with Gasteiger partial charge in [0.1, 0.15) is 38.2 Å². The molecule has 8 aromatic carbocycles. The number of hydrogen-bond donors (Lipinski definition) is 2. The third-order valence-corrected chi connectivity index (χ3v) is 12.8. The Morgan fingerprint density at radius 3 is 1.46 bits per heavy atom. The molecular formula is C62H59N2O10PS. The number of ether oxygens (including phenoxy) is 4. The first-order valence-corrected chi connectivity index (χ1v) is 26.5. The molecule has 2 N–H and O–H groups in total. The quantitative estimate of drug-likeness (QED) is 0.0231. The molecule has 0 saturated carbocycles. The first kappa shape index (κ1) is 55.5. The van der Waals surface area contributed by atoms with Gasteiger partial charge in [-0.25, -0.2) is 9.36 Å². The summed E-state index contributed by atoms with van der Waals surface area (Å²) in [6, 6.07) is 69.8. The van der Waals surface area contributed by atoms with E-state index in [4.69, 9.17) is 44.7 Å². The first-order valence-electron chi connectivity index (χ1n) is 24.6. The largest absolute Gasteiger partial charge is 0.530 e. The molecule has 1 amide bonds. The maximum absolute atomic E-state index is 14.5. The molecule has 0 spiro atoms. The molecule has 1 atom stereocenters. The zero-order valence-electron chi connectivity index (χ0n) is 41.8. The van der Waals surface area contributed by atoms with E-state index < -0.39 is 13.9 Å². The van der Waals surface area contributed by atoms with E-state index in [1.807, 2.05) is 206 Å². The highest BCUT2D eigenvalue weighted by Crippen LogP contribution is 2.53. The molecule has 0 aromatic heterocycles. The molecule has 8 rings (SSSR count). The van der Waals surface area contributed by atoms with Gasteiger partial charge >= 0.3 is 7.82 Å². The molecule has 388 valence electrons. The van der Waals surface area contributed by atoms with Gasteiger partial charge in [0.15, 0.2) is 23.7 Å². The Bertz CT molecular complexity index is 3020. The highest BCUT2D eigenvalue weighted by molar-refractivity contribution is 7.80. The smallest absolute Gasteiger partial charge is 0.489 e. The number of carbonyl (C=O) groups is 1. The van der Waals surface area contributed by atoms with Crippen molar-refractivity contribution in [1.82, 2.24) is 10.6 Å². The molecule has 0 radical (unpaired) electrons. The van der Waals surface area contributed by atoms with E-state index in [9.17, 15) is 14.2 Å². The number of hydrogen-bond acceptors (Lipinski definition) is 11. The van der Waals surface area contributed by atoms with E-state index >= 15 is 0 Å². The molecule has 0 heterocycles. The third-order valence-electron chi connectivity index (χ3n) is 11.3. The second-order valence-corrected chi connectivity index (χ2v) is 19.0. The summed E-state index contributed by atoms with van der Waals surface area (Å²) in [5.41, 5.74) is 7.29. The van der Waals surface area contributed by atoms with Crippen molar-refractivity contribution >= 4 is 37.1 Å². The van der Waals surface area contributed by atoms with Gasteiger partial charge in [0.2, 0.25) is 5.91 Å². The van der Waals surface area contributed by atoms with Crippen molar-refractivity contribution in [2.24, 2.45) is 0 Å². The molecule has 0 bridgehead atoms. The maximum Gasteiger partial charge on any atom is 0.530 e. The maximum atomic E-state index is 14.5. The summed E-state index contributed by atoms with van der Waals surface area (Å²) < 4.78 is 55.6. The van der Waals surface area contributed by atoms with Crippen molar-refractivity contribution in [3.63, 3.8) is 0 Å². The Labute approximate surface area is 449 Å². The van der Waals surface area contributed by atoms with E-state index in [0.717, 1.165) is 51.0 Å². The summed E-state index contributed by atoms with van der Waals surface area (Å²) in [7, 11) is -4.26. The fourth-order valence-corrected chi connectivity index (χ4v) is 8.70. The van der Waals surface area contributed by atoms with Crippen LogP contribution in [0.5, 0.6) is 17.2 Å². The van der Waals surface area contributed by atoms with Crippen LogP contribution in [0, 0.1) is 0 Å². The van der Waals surface area contributed by atoms with Gasteiger partial charge in [-0.3, -0.25) is 13.8 Å². The van der Waals surface area contributed by atoms with Gasteiger partial charge in [0.05, 0.1) is 13.2 Å². The van der Waals surface area contributed by atoms with Crippen LogP contribution in [0.15, 0.2) is 231 Å². The number of nitrogens with one attached hydrogen (secondary N) is 2. The third kappa shape index (κ3) is 19.9. The van der Waals surface area contributed by atoms with Gasteiger partial charge in [0.25, 0.3) is 5.17 Å². The van der Waals surface area contributed by atoms with Gasteiger partial charge in [-0.1, -0.05) is 200 Å². The Hall–Kier alpha value is -8.28. The predicted octanol–water partition coefficient (Wildman–Crippen LogP) is 12.7. The molecule has 76 heavy (non-hydrogen) atoms. The van der Waals surface area contributed by atoms with Gasteiger partial charge < -0.3 is 34.1 Å². The van der Waals surface area contributed by atoms with E-state index in [1.165, 1.54) is 0 Å². The van der Waals surface area contributed by atoms with E-state index in [-0.39, 0.29) is 55.4 Å². The molecule has 1 unspecified atom stereocenters. The van der Waals surface area contributed by atoms with Crippen molar-refractivity contribution in [2.75, 3.05) is 6.54 Å². The zero-order chi connectivity index (χ0) is 52.9. The van der Waals surface area contributed by atoms with Crippen LogP contribution in [0.25, 0.3) is 0 Å². The Morgan fingerprint density at radius 2 is 0.961 bits per heavy atom. The van der Waals surface area contributed by atoms with Gasteiger partial charge in [-0.05, 0) is 87.4 Å². The summed E-state index contributed by atoms with van der Waals surface area (Å²) in [6.07, 6.45) is 1.80. The first-order chi connectivity index (χ1) is 37.3. The lowest BCUT2D eigenvalue weighted by molar-refractivity contribution is -0.122. The average molecular weight is 1060 g/mol. The van der Waals surface area contributed by atoms with Crippen LogP contribution in [0.3, 0.4) is 0 Å². The van der Waals surface area contributed by atoms with Crippen LogP contribution in [-0.4, -0.2) is 29.6 Å². The summed E-state index contributed by atoms with van der Waals surface area (Å²) in [6.45, 7) is 1.65. The minimum absolute atomic E-state index is 0.0195. The number of benzene rings is 8. The number of phosphoric acid groups is 1. The van der Waals surface area contributed by atoms with Crippen molar-refractivity contribution in [2.45, 2.75) is 58.5 Å². The highest BCUT2D eigenvalue weighted by atomic mass is 32.1. The van der Waals surface area contributed by atoms with Crippen molar-refractivity contribution in [3.05, 3.63) is 275 Å². The van der Waals surface area contributed by atoms with Crippen molar-refractivity contribution in [3.8, 4) is 17.2 Å². The minimum atomic E-state index is -4.26. The lowest BCUT2D eigenvalue weighted by Crippen LogP contribution is -2.48. The fraction of sp³-hybridized carbons (Fsp3) is 0.161. The van der Waals surface area contributed by atoms with Crippen molar-refractivity contribution in [1.29, 1.82) is 0 Å². The number of phosphoric ester groups is 1. The molecule has 12 nitrogen and oxygen atoms in total. The van der Waals surface area contributed by atoms with Gasteiger partial charge in [0, 0.05) is 13.0 Å². The van der Waals surface area contributed by atoms with E-state index in [0.29, 0.717) is 31.7 Å². The number of amides is 1. The van der Waals surface area contributed by atoms with Gasteiger partial charge in [-0.2, -0.15) is 0 Å². The monoisotopic (exact) mass is 1050 g/mol. The topological polar surface area (TPSA) is 140 Å². The lowest BCUT2D eigenvalue weighted by Gasteiger charge is -2.22. The molecule has 0 fully saturated rings. The van der Waals surface area contributed by atoms with Gasteiger partial charge in [-0.15, -0.1) is 0 Å². The summed E-state index contributed by atoms with van der Waals surface area (Å²) in [4.78, 5) is 23.7. The second kappa shape index (κ2) is 30.8. The Morgan fingerprint density at radius 1 is 0.513 bits per heavy atom. The summed E-state index contributed by atoms with van der Waals surface area (Å²) in [5.74, 6) is 2.44. The lowest BCUT2D eigenvalue weighted by atomic mass is 10.0. The highest BCUT2D eigenvalue weighted by Gasteiger charge is 2.31. The molecule has 0 saturated heterocycles. The number of rotatable bonds is 26. The number of carbonyl (C=O) groups excluding carboxylic acids is 2. The standard InChI is InChI=1S/C53H51N2O8PS.C9H8O2/c56-52(54-33-32-41-26-29-48(30-27-41)58-36-42-16-6-1-7-17-42)49(55-53(65)60-38-44-20-10-3-11-21-44)34-47-28-31-50(51(35-47)59-37-43-18-8-2-9-19-43)63-64(57,61-39-45-22-12-4-13-23-45)62-40-46-24-14-5-15-25-46;10-6-7-11-8-9-4-2-1-3-5-9/h1-31,35,49H,32-34,36-40H2,(H,54,56)(H,55,65);1-5,7H,8H2. The summed E-state index contributed by atoms with van der Waals surface area (Å²) in [5, 5.41) is 6.29. The molecule has 0 aliphatic carbocycles. The Balaban J connectivity index is 0.000000679. The van der Waals surface area contributed by atoms with Crippen LogP contribution in [0.1, 0.15) is 44.5 Å². The van der Waals surface area contributed by atoms with Crippen LogP contribution < -0.4 is 24.6 Å². The average Bonchev–Trinajstić information content (AvgIpc) is 3.47. The normalized spacial score (nSPS) is 11.1. The summed E-state index contributed by atoms with van der Waals surface area (Å²) >= 11 is 5.61. The second-order valence-electron chi connectivity index (χ2n) is 17.1. The SMILES string of the molecule is O=C(NCCc1ccc(OCc2ccccc2)cc1)C(Cc1ccc(OP(=O)(OCc2ccccc2)OCc2ccccc2)c(OCc2ccccc2)c1)NC(=S)OCc1ccccc1.O=C=COCc1ccccc1. The zero-order valence-corrected chi connectivity index (χ0v) is 43.5. The molecule has 8 aromatic rings.